The number of carbonyl (C=O) groups is 2. The van der Waals surface area contributed by atoms with Crippen LogP contribution in [-0.2, 0) is 15.8 Å². The van der Waals surface area contributed by atoms with Gasteiger partial charge >= 0.3 is 6.18 Å². The molecule has 1 fully saturated rings. The summed E-state index contributed by atoms with van der Waals surface area (Å²) in [6.45, 7) is 2.34. The van der Waals surface area contributed by atoms with Gasteiger partial charge in [-0.1, -0.05) is 15.9 Å². The van der Waals surface area contributed by atoms with Crippen molar-refractivity contribution in [3.8, 4) is 0 Å². The first kappa shape index (κ1) is 17.8. The van der Waals surface area contributed by atoms with Crippen molar-refractivity contribution in [2.45, 2.75) is 25.9 Å². The number of nitrogens with zero attached hydrogens (tertiary/aromatic N) is 1. The summed E-state index contributed by atoms with van der Waals surface area (Å²) in [4.78, 5) is 25.2. The first-order valence-electron chi connectivity index (χ1n) is 7.11. The summed E-state index contributed by atoms with van der Waals surface area (Å²) >= 11 is 2.86. The Hall–Kier alpha value is -1.57. The first-order valence-corrected chi connectivity index (χ1v) is 7.91. The van der Waals surface area contributed by atoms with E-state index in [1.807, 2.05) is 0 Å². The molecule has 1 aliphatic rings. The number of alkyl halides is 3. The lowest BCUT2D eigenvalue weighted by Gasteiger charge is -2.31. The van der Waals surface area contributed by atoms with E-state index in [0.29, 0.717) is 25.9 Å². The van der Waals surface area contributed by atoms with E-state index in [4.69, 9.17) is 0 Å². The van der Waals surface area contributed by atoms with Gasteiger partial charge in [-0.3, -0.25) is 9.59 Å². The molecule has 0 bridgehead atoms. The molecule has 1 aliphatic heterocycles. The van der Waals surface area contributed by atoms with Gasteiger partial charge in [0.05, 0.1) is 11.5 Å². The molecule has 0 spiro atoms. The topological polar surface area (TPSA) is 49.4 Å². The number of amides is 2. The molecule has 1 aromatic rings. The summed E-state index contributed by atoms with van der Waals surface area (Å²) in [7, 11) is 0. The lowest BCUT2D eigenvalue weighted by atomic mass is 9.97. The summed E-state index contributed by atoms with van der Waals surface area (Å²) in [6, 6.07) is 3.55. The van der Waals surface area contributed by atoms with Gasteiger partial charge in [0.2, 0.25) is 11.8 Å². The van der Waals surface area contributed by atoms with Crippen LogP contribution >= 0.6 is 15.9 Å². The summed E-state index contributed by atoms with van der Waals surface area (Å²) in [6.07, 6.45) is -3.19. The Balaban J connectivity index is 2.10. The third kappa shape index (κ3) is 4.46. The number of anilines is 1. The second kappa shape index (κ2) is 6.90. The fourth-order valence-corrected chi connectivity index (χ4v) is 3.01. The molecule has 0 aromatic heterocycles. The van der Waals surface area contributed by atoms with E-state index in [0.717, 1.165) is 6.07 Å². The van der Waals surface area contributed by atoms with E-state index in [1.165, 1.54) is 19.1 Å². The Morgan fingerprint density at radius 3 is 2.65 bits per heavy atom. The molecular formula is C15H16BrF3N2O2. The van der Waals surface area contributed by atoms with E-state index >= 15 is 0 Å². The number of likely N-dealkylation sites (tertiary alicyclic amines) is 1. The Bertz CT molecular complexity index is 619. The standard InChI is InChI=1S/C15H16BrF3N2O2/c1-9(22)21-6-2-3-10(8-21)14(23)20-11-4-5-13(16)12(7-11)15(17,18)19/h4-5,7,10H,2-3,6,8H2,1H3,(H,20,23). The molecular weight excluding hydrogens is 377 g/mol. The number of nitrogens with one attached hydrogen (secondary N) is 1. The molecule has 1 saturated heterocycles. The van der Waals surface area contributed by atoms with Crippen molar-refractivity contribution in [2.24, 2.45) is 5.92 Å². The second-order valence-corrected chi connectivity index (χ2v) is 6.34. The smallest absolute Gasteiger partial charge is 0.342 e. The number of carbonyl (C=O) groups excluding carboxylic acids is 2. The van der Waals surface area contributed by atoms with Gasteiger partial charge in [0, 0.05) is 30.2 Å². The predicted molar refractivity (Wildman–Crippen MR) is 82.8 cm³/mol. The zero-order valence-electron chi connectivity index (χ0n) is 12.4. The Kier molecular flexibility index (Phi) is 5.33. The van der Waals surface area contributed by atoms with Crippen LogP contribution in [0.3, 0.4) is 0 Å². The van der Waals surface area contributed by atoms with Crippen LogP contribution in [0.25, 0.3) is 0 Å². The lowest BCUT2D eigenvalue weighted by molar-refractivity contribution is -0.138. The Labute approximate surface area is 140 Å². The van der Waals surface area contributed by atoms with Crippen molar-refractivity contribution < 1.29 is 22.8 Å². The fourth-order valence-electron chi connectivity index (χ4n) is 2.54. The molecule has 4 nitrogen and oxygen atoms in total. The zero-order chi connectivity index (χ0) is 17.2. The minimum Gasteiger partial charge on any atom is -0.342 e. The maximum atomic E-state index is 12.9. The monoisotopic (exact) mass is 392 g/mol. The van der Waals surface area contributed by atoms with Gasteiger partial charge in [-0.2, -0.15) is 13.2 Å². The molecule has 126 valence electrons. The number of halogens is 4. The Morgan fingerprint density at radius 2 is 2.04 bits per heavy atom. The molecule has 1 atom stereocenters. The van der Waals surface area contributed by atoms with Crippen LogP contribution in [0.15, 0.2) is 22.7 Å². The number of piperidine rings is 1. The minimum absolute atomic E-state index is 0.0802. The lowest BCUT2D eigenvalue weighted by Crippen LogP contribution is -2.42. The number of benzene rings is 1. The molecule has 0 radical (unpaired) electrons. The van der Waals surface area contributed by atoms with Crippen LogP contribution in [0.5, 0.6) is 0 Å². The van der Waals surface area contributed by atoms with E-state index in [-0.39, 0.29) is 22.0 Å². The summed E-state index contributed by atoms with van der Waals surface area (Å²) in [5, 5.41) is 2.51. The van der Waals surface area contributed by atoms with Crippen molar-refractivity contribution in [1.29, 1.82) is 0 Å². The molecule has 0 aliphatic carbocycles. The molecule has 1 aromatic carbocycles. The average Bonchev–Trinajstić information content (AvgIpc) is 2.48. The van der Waals surface area contributed by atoms with Crippen LogP contribution in [0.2, 0.25) is 0 Å². The van der Waals surface area contributed by atoms with Gasteiger partial charge in [0.1, 0.15) is 0 Å². The van der Waals surface area contributed by atoms with Gasteiger partial charge in [-0.25, -0.2) is 0 Å². The fraction of sp³-hybridized carbons (Fsp3) is 0.467. The highest BCUT2D eigenvalue weighted by atomic mass is 79.9. The van der Waals surface area contributed by atoms with Crippen molar-refractivity contribution in [1.82, 2.24) is 4.90 Å². The maximum Gasteiger partial charge on any atom is 0.417 e. The van der Waals surface area contributed by atoms with Crippen molar-refractivity contribution in [2.75, 3.05) is 18.4 Å². The molecule has 2 rings (SSSR count). The summed E-state index contributed by atoms with van der Waals surface area (Å²) < 4.78 is 38.5. The van der Waals surface area contributed by atoms with E-state index in [1.54, 1.807) is 4.90 Å². The predicted octanol–water partition coefficient (Wildman–Crippen LogP) is 3.66. The summed E-state index contributed by atoms with van der Waals surface area (Å²) in [5.74, 6) is -0.887. The van der Waals surface area contributed by atoms with E-state index in [2.05, 4.69) is 21.2 Å². The molecule has 1 unspecified atom stereocenters. The minimum atomic E-state index is -4.50. The van der Waals surface area contributed by atoms with Crippen LogP contribution in [0.1, 0.15) is 25.3 Å². The number of hydrogen-bond acceptors (Lipinski definition) is 2. The van der Waals surface area contributed by atoms with Crippen molar-refractivity contribution >= 4 is 33.4 Å². The van der Waals surface area contributed by atoms with Crippen LogP contribution in [0.4, 0.5) is 18.9 Å². The van der Waals surface area contributed by atoms with Gasteiger partial charge in [0.15, 0.2) is 0 Å². The highest BCUT2D eigenvalue weighted by Crippen LogP contribution is 2.36. The molecule has 0 saturated carbocycles. The van der Waals surface area contributed by atoms with Gasteiger partial charge in [0.25, 0.3) is 0 Å². The van der Waals surface area contributed by atoms with Gasteiger partial charge in [-0.15, -0.1) is 0 Å². The van der Waals surface area contributed by atoms with Gasteiger partial charge < -0.3 is 10.2 Å². The average molecular weight is 393 g/mol. The third-order valence-electron chi connectivity index (χ3n) is 3.78. The third-order valence-corrected chi connectivity index (χ3v) is 4.47. The normalized spacial score (nSPS) is 18.7. The largest absolute Gasteiger partial charge is 0.417 e. The van der Waals surface area contributed by atoms with Gasteiger partial charge in [-0.05, 0) is 31.0 Å². The van der Waals surface area contributed by atoms with E-state index in [9.17, 15) is 22.8 Å². The molecule has 2 amide bonds. The highest BCUT2D eigenvalue weighted by Gasteiger charge is 2.33. The van der Waals surface area contributed by atoms with Crippen LogP contribution in [-0.4, -0.2) is 29.8 Å². The van der Waals surface area contributed by atoms with Crippen molar-refractivity contribution in [3.05, 3.63) is 28.2 Å². The Morgan fingerprint density at radius 1 is 1.35 bits per heavy atom. The van der Waals surface area contributed by atoms with Crippen LogP contribution < -0.4 is 5.32 Å². The molecule has 1 heterocycles. The maximum absolute atomic E-state index is 12.9. The van der Waals surface area contributed by atoms with E-state index < -0.39 is 17.7 Å². The second-order valence-electron chi connectivity index (χ2n) is 5.49. The first-order chi connectivity index (χ1) is 10.7. The molecule has 1 N–H and O–H groups in total. The molecule has 8 heteroatoms. The number of hydrogen-bond donors (Lipinski definition) is 1. The molecule has 23 heavy (non-hydrogen) atoms. The highest BCUT2D eigenvalue weighted by molar-refractivity contribution is 9.10. The zero-order valence-corrected chi connectivity index (χ0v) is 14.0. The quantitative estimate of drug-likeness (QED) is 0.834. The van der Waals surface area contributed by atoms with Crippen LogP contribution in [0, 0.1) is 5.92 Å². The SMILES string of the molecule is CC(=O)N1CCCC(C(=O)Nc2ccc(Br)c(C(F)(F)F)c2)C1. The number of rotatable bonds is 2. The van der Waals surface area contributed by atoms with Crippen molar-refractivity contribution in [3.63, 3.8) is 0 Å². The summed E-state index contributed by atoms with van der Waals surface area (Å²) in [5.41, 5.74) is -0.755.